The Labute approximate surface area is 149 Å². The molecule has 24 heavy (non-hydrogen) atoms. The number of hydrogen-bond donors (Lipinski definition) is 3. The Morgan fingerprint density at radius 1 is 1.17 bits per heavy atom. The van der Waals surface area contributed by atoms with Gasteiger partial charge in [0.15, 0.2) is 6.10 Å². The molecule has 1 unspecified atom stereocenters. The molecule has 0 radical (unpaired) electrons. The molecule has 0 bridgehead atoms. The maximum absolute atomic E-state index is 10.4. The molecule has 2 aromatic rings. The first-order valence-corrected chi connectivity index (χ1v) is 9.33. The number of rotatable bonds is 7. The van der Waals surface area contributed by atoms with Crippen LogP contribution in [0.15, 0.2) is 46.7 Å². The van der Waals surface area contributed by atoms with E-state index in [9.17, 15) is 9.59 Å². The molecule has 130 valence electrons. The molecular weight excluding hydrogens is 348 g/mol. The molecule has 1 aromatic heterocycles. The van der Waals surface area contributed by atoms with Gasteiger partial charge in [-0.1, -0.05) is 18.2 Å². The van der Waals surface area contributed by atoms with E-state index in [4.69, 9.17) is 15.3 Å². The number of carbonyl (C=O) groups is 2. The molecule has 5 nitrogen and oxygen atoms in total. The first-order valence-electron chi connectivity index (χ1n) is 7.23. The lowest BCUT2D eigenvalue weighted by atomic mass is 10.1. The first-order chi connectivity index (χ1) is 11.4. The molecule has 0 saturated heterocycles. The largest absolute Gasteiger partial charge is 0.481 e. The van der Waals surface area contributed by atoms with Gasteiger partial charge in [0.1, 0.15) is 0 Å². The van der Waals surface area contributed by atoms with Crippen LogP contribution in [0.25, 0.3) is 0 Å². The molecule has 0 aliphatic rings. The zero-order chi connectivity index (χ0) is 17.9. The predicted octanol–water partition coefficient (Wildman–Crippen LogP) is 3.68. The summed E-state index contributed by atoms with van der Waals surface area (Å²) in [6.07, 6.45) is 2.43. The highest BCUT2D eigenvalue weighted by molar-refractivity contribution is 7.98. The maximum Gasteiger partial charge on any atom is 0.337 e. The fraction of sp³-hybridized carbons (Fsp3) is 0.294. The van der Waals surface area contributed by atoms with Crippen LogP contribution in [-0.2, 0) is 16.0 Å². The van der Waals surface area contributed by atoms with Gasteiger partial charge in [0.2, 0.25) is 0 Å². The summed E-state index contributed by atoms with van der Waals surface area (Å²) in [5.41, 5.74) is 0.408. The lowest BCUT2D eigenvalue weighted by molar-refractivity contribution is -0.147. The summed E-state index contributed by atoms with van der Waals surface area (Å²) < 4.78 is 0. The number of benzene rings is 1. The van der Waals surface area contributed by atoms with Crippen LogP contribution < -0.4 is 0 Å². The third-order valence-electron chi connectivity index (χ3n) is 3.06. The van der Waals surface area contributed by atoms with Gasteiger partial charge in [-0.15, -0.1) is 23.1 Å². The second kappa shape index (κ2) is 10.9. The van der Waals surface area contributed by atoms with E-state index in [1.165, 1.54) is 4.88 Å². The Balaban J connectivity index is 0.000000243. The minimum absolute atomic E-state index is 0.276. The number of aliphatic hydroxyl groups excluding tert-OH is 1. The van der Waals surface area contributed by atoms with Crippen molar-refractivity contribution in [1.29, 1.82) is 0 Å². The number of carboxylic acid groups (broad SMARTS) is 2. The lowest BCUT2D eigenvalue weighted by Crippen LogP contribution is -2.09. The highest BCUT2D eigenvalue weighted by Gasteiger charge is 2.14. The summed E-state index contributed by atoms with van der Waals surface area (Å²) >= 11 is 3.25. The standard InChI is InChI=1S/C9H10O3S.C8H10O2S/c1-13-7-4-2-6(3-5-7)8(10)9(11)12;9-8(10)5-1-3-7-4-2-6-11-7/h2-5,8,10H,1H3,(H,11,12);2,4,6H,1,3,5H2,(H,9,10). The smallest absolute Gasteiger partial charge is 0.337 e. The zero-order valence-electron chi connectivity index (χ0n) is 13.2. The van der Waals surface area contributed by atoms with Crippen LogP contribution in [0.1, 0.15) is 29.4 Å². The Bertz CT molecular complexity index is 623. The number of aliphatic hydroxyl groups is 1. The van der Waals surface area contributed by atoms with E-state index in [2.05, 4.69) is 0 Å². The summed E-state index contributed by atoms with van der Waals surface area (Å²) in [6, 6.07) is 10.8. The minimum atomic E-state index is -1.42. The van der Waals surface area contributed by atoms with Crippen molar-refractivity contribution in [1.82, 2.24) is 0 Å². The molecule has 1 atom stereocenters. The molecule has 0 spiro atoms. The SMILES string of the molecule is CSc1ccc(C(O)C(=O)O)cc1.O=C(O)CCCc1cccs1. The van der Waals surface area contributed by atoms with E-state index < -0.39 is 18.0 Å². The van der Waals surface area contributed by atoms with Gasteiger partial charge in [-0.3, -0.25) is 4.79 Å². The van der Waals surface area contributed by atoms with Crippen molar-refractivity contribution in [3.8, 4) is 0 Å². The van der Waals surface area contributed by atoms with Crippen molar-refractivity contribution < 1.29 is 24.9 Å². The number of thioether (sulfide) groups is 1. The highest BCUT2D eigenvalue weighted by Crippen LogP contribution is 2.19. The van der Waals surface area contributed by atoms with Gasteiger partial charge in [-0.25, -0.2) is 4.79 Å². The molecule has 0 aliphatic heterocycles. The Morgan fingerprint density at radius 2 is 1.83 bits per heavy atom. The number of hydrogen-bond acceptors (Lipinski definition) is 5. The average Bonchev–Trinajstić information content (AvgIpc) is 3.08. The van der Waals surface area contributed by atoms with Gasteiger partial charge in [0.25, 0.3) is 0 Å². The summed E-state index contributed by atoms with van der Waals surface area (Å²) in [7, 11) is 0. The number of thiophene rings is 1. The summed E-state index contributed by atoms with van der Waals surface area (Å²) in [4.78, 5) is 22.8. The Kier molecular flexibility index (Phi) is 9.14. The van der Waals surface area contributed by atoms with Crippen LogP contribution in [0.5, 0.6) is 0 Å². The fourth-order valence-corrected chi connectivity index (χ4v) is 2.96. The van der Waals surface area contributed by atoms with E-state index in [0.29, 0.717) is 5.56 Å². The molecule has 0 fully saturated rings. The summed E-state index contributed by atoms with van der Waals surface area (Å²) in [5, 5.41) is 28.0. The van der Waals surface area contributed by atoms with Crippen LogP contribution in [0, 0.1) is 0 Å². The lowest BCUT2D eigenvalue weighted by Gasteiger charge is -2.05. The van der Waals surface area contributed by atoms with Crippen molar-refractivity contribution in [3.05, 3.63) is 52.2 Å². The average molecular weight is 368 g/mol. The van der Waals surface area contributed by atoms with Crippen molar-refractivity contribution >= 4 is 35.0 Å². The van der Waals surface area contributed by atoms with Crippen molar-refractivity contribution in [3.63, 3.8) is 0 Å². The monoisotopic (exact) mass is 368 g/mol. The zero-order valence-corrected chi connectivity index (χ0v) is 14.8. The maximum atomic E-state index is 10.4. The third-order valence-corrected chi connectivity index (χ3v) is 4.74. The quantitative estimate of drug-likeness (QED) is 0.645. The normalized spacial score (nSPS) is 11.2. The van der Waals surface area contributed by atoms with Gasteiger partial charge in [-0.05, 0) is 48.2 Å². The second-order valence-corrected chi connectivity index (χ2v) is 6.75. The number of aryl methyl sites for hydroxylation is 1. The van der Waals surface area contributed by atoms with Crippen molar-refractivity contribution in [2.24, 2.45) is 0 Å². The number of carboxylic acids is 2. The van der Waals surface area contributed by atoms with Crippen LogP contribution in [0.3, 0.4) is 0 Å². The molecule has 1 heterocycles. The molecule has 3 N–H and O–H groups in total. The van der Waals surface area contributed by atoms with Gasteiger partial charge in [0.05, 0.1) is 0 Å². The summed E-state index contributed by atoms with van der Waals surface area (Å²) in [6.45, 7) is 0. The molecule has 1 aromatic carbocycles. The van der Waals surface area contributed by atoms with Gasteiger partial charge in [-0.2, -0.15) is 0 Å². The van der Waals surface area contributed by atoms with Crippen LogP contribution >= 0.6 is 23.1 Å². The Hall–Kier alpha value is -1.83. The molecule has 0 saturated carbocycles. The van der Waals surface area contributed by atoms with E-state index in [0.717, 1.165) is 17.7 Å². The van der Waals surface area contributed by atoms with E-state index in [1.54, 1.807) is 47.4 Å². The van der Waals surface area contributed by atoms with E-state index in [1.807, 2.05) is 23.8 Å². The van der Waals surface area contributed by atoms with Crippen LogP contribution in [0.2, 0.25) is 0 Å². The third kappa shape index (κ3) is 7.63. The van der Waals surface area contributed by atoms with Crippen LogP contribution in [-0.4, -0.2) is 33.5 Å². The first kappa shape index (κ1) is 20.2. The van der Waals surface area contributed by atoms with Crippen molar-refractivity contribution in [2.75, 3.05) is 6.26 Å². The fourth-order valence-electron chi connectivity index (χ4n) is 1.80. The van der Waals surface area contributed by atoms with E-state index in [-0.39, 0.29) is 6.42 Å². The van der Waals surface area contributed by atoms with Crippen molar-refractivity contribution in [2.45, 2.75) is 30.3 Å². The highest BCUT2D eigenvalue weighted by atomic mass is 32.2. The Morgan fingerprint density at radius 3 is 2.29 bits per heavy atom. The topological polar surface area (TPSA) is 94.8 Å². The van der Waals surface area contributed by atoms with Gasteiger partial charge in [0, 0.05) is 16.2 Å². The molecular formula is C17H20O5S2. The minimum Gasteiger partial charge on any atom is -0.481 e. The molecule has 0 aliphatic carbocycles. The van der Waals surface area contributed by atoms with Gasteiger partial charge < -0.3 is 15.3 Å². The second-order valence-electron chi connectivity index (χ2n) is 4.84. The molecule has 7 heteroatoms. The number of aliphatic carboxylic acids is 2. The summed E-state index contributed by atoms with van der Waals surface area (Å²) in [5.74, 6) is -1.93. The molecule has 2 rings (SSSR count). The van der Waals surface area contributed by atoms with Crippen LogP contribution in [0.4, 0.5) is 0 Å². The molecule has 0 amide bonds. The van der Waals surface area contributed by atoms with E-state index >= 15 is 0 Å². The van der Waals surface area contributed by atoms with Gasteiger partial charge >= 0.3 is 11.9 Å². The predicted molar refractivity (Wildman–Crippen MR) is 95.7 cm³/mol.